The van der Waals surface area contributed by atoms with Crippen molar-refractivity contribution in [2.45, 2.75) is 70.0 Å². The van der Waals surface area contributed by atoms with Crippen LogP contribution < -0.4 is 0 Å². The first-order valence-corrected chi connectivity index (χ1v) is 8.13. The predicted molar refractivity (Wildman–Crippen MR) is 77.5 cm³/mol. The molecular weight excluding hydrogens is 252 g/mol. The summed E-state index contributed by atoms with van der Waals surface area (Å²) in [6, 6.07) is 3.92. The van der Waals surface area contributed by atoms with Gasteiger partial charge in [0.15, 0.2) is 0 Å². The van der Waals surface area contributed by atoms with Gasteiger partial charge < -0.3 is 14.3 Å². The van der Waals surface area contributed by atoms with Gasteiger partial charge in [0.2, 0.25) is 0 Å². The highest BCUT2D eigenvalue weighted by atomic mass is 16.5. The summed E-state index contributed by atoms with van der Waals surface area (Å²) in [4.78, 5) is 0. The van der Waals surface area contributed by atoms with Crippen molar-refractivity contribution < 1.29 is 14.3 Å². The van der Waals surface area contributed by atoms with E-state index >= 15 is 0 Å². The van der Waals surface area contributed by atoms with E-state index in [0.717, 1.165) is 50.2 Å². The molecule has 112 valence electrons. The highest BCUT2D eigenvalue weighted by molar-refractivity contribution is 5.11. The Balaban J connectivity index is 1.69. The Morgan fingerprint density at radius 3 is 2.80 bits per heavy atom. The molecule has 1 aliphatic heterocycles. The third-order valence-corrected chi connectivity index (χ3v) is 5.06. The molecule has 0 bridgehead atoms. The molecule has 1 spiro atoms. The Bertz CT molecular complexity index is 426. The molecule has 2 atom stereocenters. The fourth-order valence-electron chi connectivity index (χ4n) is 3.86. The van der Waals surface area contributed by atoms with Crippen LogP contribution in [0.25, 0.3) is 0 Å². The van der Waals surface area contributed by atoms with Gasteiger partial charge in [-0.2, -0.15) is 0 Å². The van der Waals surface area contributed by atoms with E-state index in [-0.39, 0.29) is 11.5 Å². The molecule has 3 nitrogen and oxygen atoms in total. The highest BCUT2D eigenvalue weighted by Gasteiger charge is 2.41. The Morgan fingerprint density at radius 2 is 2.10 bits per heavy atom. The maximum atomic E-state index is 10.6. The van der Waals surface area contributed by atoms with Crippen molar-refractivity contribution in [1.82, 2.24) is 0 Å². The number of furan rings is 1. The number of hydrogen-bond acceptors (Lipinski definition) is 3. The van der Waals surface area contributed by atoms with Crippen LogP contribution in [0, 0.1) is 5.92 Å². The molecule has 3 rings (SSSR count). The summed E-state index contributed by atoms with van der Waals surface area (Å²) < 4.78 is 11.8. The molecule has 1 aliphatic carbocycles. The molecule has 0 radical (unpaired) electrons. The van der Waals surface area contributed by atoms with E-state index in [2.05, 4.69) is 6.92 Å². The molecule has 1 aromatic heterocycles. The lowest BCUT2D eigenvalue weighted by atomic mass is 9.74. The smallest absolute Gasteiger partial charge is 0.132 e. The van der Waals surface area contributed by atoms with Crippen molar-refractivity contribution in [2.24, 2.45) is 5.92 Å². The van der Waals surface area contributed by atoms with Crippen LogP contribution in [0.5, 0.6) is 0 Å². The van der Waals surface area contributed by atoms with E-state index in [4.69, 9.17) is 9.15 Å². The molecule has 3 heteroatoms. The van der Waals surface area contributed by atoms with Crippen molar-refractivity contribution in [1.29, 1.82) is 0 Å². The molecule has 2 heterocycles. The number of aryl methyl sites for hydroxylation is 1. The van der Waals surface area contributed by atoms with Crippen molar-refractivity contribution in [3.8, 4) is 0 Å². The van der Waals surface area contributed by atoms with Gasteiger partial charge in [-0.1, -0.05) is 26.2 Å². The molecule has 1 saturated heterocycles. The topological polar surface area (TPSA) is 42.6 Å². The van der Waals surface area contributed by atoms with E-state index in [1.54, 1.807) is 0 Å². The average molecular weight is 278 g/mol. The standard InChI is InChI=1S/C17H26O3/c1-2-14-6-7-15(20-14)16(18)13-8-11-19-17(12-13)9-4-3-5-10-17/h6-7,13,16,18H,2-5,8-12H2,1H3. The number of hydrogen-bond donors (Lipinski definition) is 1. The van der Waals surface area contributed by atoms with E-state index in [9.17, 15) is 5.11 Å². The van der Waals surface area contributed by atoms with Crippen LogP contribution >= 0.6 is 0 Å². The zero-order chi connectivity index (χ0) is 14.0. The van der Waals surface area contributed by atoms with Gasteiger partial charge in [0.05, 0.1) is 5.60 Å². The first kappa shape index (κ1) is 14.2. The zero-order valence-electron chi connectivity index (χ0n) is 12.4. The highest BCUT2D eigenvalue weighted by Crippen LogP contribution is 2.44. The van der Waals surface area contributed by atoms with Crippen LogP contribution in [0.1, 0.15) is 69.5 Å². The van der Waals surface area contributed by atoms with Crippen LogP contribution in [0.4, 0.5) is 0 Å². The van der Waals surface area contributed by atoms with Crippen molar-refractivity contribution in [3.05, 3.63) is 23.7 Å². The Kier molecular flexibility index (Phi) is 4.18. The molecule has 0 aromatic carbocycles. The Hall–Kier alpha value is -0.800. The molecule has 1 N–H and O–H groups in total. The fraction of sp³-hybridized carbons (Fsp3) is 0.765. The minimum atomic E-state index is -0.474. The van der Waals surface area contributed by atoms with Gasteiger partial charge in [0.1, 0.15) is 17.6 Å². The van der Waals surface area contributed by atoms with E-state index in [1.807, 2.05) is 12.1 Å². The number of aliphatic hydroxyl groups excluding tert-OH is 1. The molecule has 20 heavy (non-hydrogen) atoms. The van der Waals surface area contributed by atoms with Gasteiger partial charge in [0, 0.05) is 13.0 Å². The van der Waals surface area contributed by atoms with Gasteiger partial charge in [0.25, 0.3) is 0 Å². The normalized spacial score (nSPS) is 27.6. The van der Waals surface area contributed by atoms with E-state index in [1.165, 1.54) is 19.3 Å². The van der Waals surface area contributed by atoms with Crippen molar-refractivity contribution in [2.75, 3.05) is 6.61 Å². The van der Waals surface area contributed by atoms with Crippen molar-refractivity contribution >= 4 is 0 Å². The second kappa shape index (κ2) is 5.90. The summed E-state index contributed by atoms with van der Waals surface area (Å²) in [6.07, 6.45) is 8.51. The lowest BCUT2D eigenvalue weighted by Crippen LogP contribution is -2.42. The first-order valence-electron chi connectivity index (χ1n) is 8.13. The van der Waals surface area contributed by atoms with Crippen molar-refractivity contribution in [3.63, 3.8) is 0 Å². The maximum Gasteiger partial charge on any atom is 0.132 e. The van der Waals surface area contributed by atoms with Gasteiger partial charge in [-0.05, 0) is 43.7 Å². The fourth-order valence-corrected chi connectivity index (χ4v) is 3.86. The molecule has 1 saturated carbocycles. The largest absolute Gasteiger partial charge is 0.463 e. The maximum absolute atomic E-state index is 10.6. The zero-order valence-corrected chi connectivity index (χ0v) is 12.4. The SMILES string of the molecule is CCc1ccc(C(O)C2CCOC3(CCCCC3)C2)o1. The second-order valence-corrected chi connectivity index (χ2v) is 6.45. The summed E-state index contributed by atoms with van der Waals surface area (Å²) in [7, 11) is 0. The summed E-state index contributed by atoms with van der Waals surface area (Å²) >= 11 is 0. The van der Waals surface area contributed by atoms with Gasteiger partial charge in [-0.15, -0.1) is 0 Å². The van der Waals surface area contributed by atoms with Crippen LogP contribution in [0.15, 0.2) is 16.5 Å². The summed E-state index contributed by atoms with van der Waals surface area (Å²) in [5, 5.41) is 10.6. The van der Waals surface area contributed by atoms with Gasteiger partial charge >= 0.3 is 0 Å². The number of ether oxygens (including phenoxy) is 1. The monoisotopic (exact) mass is 278 g/mol. The number of rotatable bonds is 3. The molecule has 2 unspecified atom stereocenters. The first-order chi connectivity index (χ1) is 9.72. The van der Waals surface area contributed by atoms with Gasteiger partial charge in [-0.25, -0.2) is 0 Å². The lowest BCUT2D eigenvalue weighted by molar-refractivity contribution is -0.135. The van der Waals surface area contributed by atoms with E-state index < -0.39 is 6.10 Å². The quantitative estimate of drug-likeness (QED) is 0.908. The summed E-state index contributed by atoms with van der Waals surface area (Å²) in [5.41, 5.74) is 0.0440. The molecule has 2 fully saturated rings. The second-order valence-electron chi connectivity index (χ2n) is 6.45. The average Bonchev–Trinajstić information content (AvgIpc) is 2.96. The Morgan fingerprint density at radius 1 is 1.30 bits per heavy atom. The molecular formula is C17H26O3. The van der Waals surface area contributed by atoms with Crippen LogP contribution in [0.2, 0.25) is 0 Å². The lowest BCUT2D eigenvalue weighted by Gasteiger charge is -2.44. The molecule has 1 aromatic rings. The summed E-state index contributed by atoms with van der Waals surface area (Å²) in [6.45, 7) is 2.85. The molecule has 2 aliphatic rings. The Labute approximate surface area is 121 Å². The molecule has 0 amide bonds. The van der Waals surface area contributed by atoms with Crippen LogP contribution in [-0.4, -0.2) is 17.3 Å². The minimum Gasteiger partial charge on any atom is -0.463 e. The van der Waals surface area contributed by atoms with E-state index in [0.29, 0.717) is 0 Å². The van der Waals surface area contributed by atoms with Crippen LogP contribution in [-0.2, 0) is 11.2 Å². The minimum absolute atomic E-state index is 0.0440. The summed E-state index contributed by atoms with van der Waals surface area (Å²) in [5.74, 6) is 1.97. The van der Waals surface area contributed by atoms with Crippen LogP contribution in [0.3, 0.4) is 0 Å². The number of aliphatic hydroxyl groups is 1. The third kappa shape index (κ3) is 2.79. The predicted octanol–water partition coefficient (Wildman–Crippen LogP) is 4.00. The van der Waals surface area contributed by atoms with Gasteiger partial charge in [-0.3, -0.25) is 0 Å². The third-order valence-electron chi connectivity index (χ3n) is 5.06.